The molecule has 0 aliphatic rings. The highest BCUT2D eigenvalue weighted by molar-refractivity contribution is 6.09. The number of alkyl halides is 10. The van der Waals surface area contributed by atoms with Crippen molar-refractivity contribution in [2.45, 2.75) is 104 Å². The normalized spacial score (nSPS) is 14.9. The van der Waals surface area contributed by atoms with Crippen molar-refractivity contribution < 1.29 is 77.0 Å². The summed E-state index contributed by atoms with van der Waals surface area (Å²) in [6, 6.07) is 0.0112. The van der Waals surface area contributed by atoms with Crippen LogP contribution in [0.4, 0.5) is 52.7 Å². The average molecular weight is 974 g/mol. The van der Waals surface area contributed by atoms with E-state index in [1.54, 1.807) is 0 Å². The Labute approximate surface area is 375 Å². The van der Waals surface area contributed by atoms with E-state index in [9.17, 15) is 68.2 Å². The van der Waals surface area contributed by atoms with Gasteiger partial charge in [0.1, 0.15) is 23.7 Å². The van der Waals surface area contributed by atoms with Crippen molar-refractivity contribution >= 4 is 35.4 Å². The highest BCUT2D eigenvalue weighted by Gasteiger charge is 2.57. The van der Waals surface area contributed by atoms with E-state index in [1.807, 2.05) is 16.1 Å². The van der Waals surface area contributed by atoms with Gasteiger partial charge in [0.05, 0.1) is 29.2 Å². The van der Waals surface area contributed by atoms with Crippen LogP contribution in [0, 0.1) is 22.5 Å². The minimum Gasteiger partial charge on any atom is -0.404 e. The van der Waals surface area contributed by atoms with Gasteiger partial charge in [0.15, 0.2) is 0 Å². The molecule has 0 aliphatic heterocycles. The number of aliphatic imine (C=N–C) groups is 1. The van der Waals surface area contributed by atoms with Crippen LogP contribution >= 0.6 is 0 Å². The van der Waals surface area contributed by atoms with Crippen LogP contribution < -0.4 is 27.1 Å². The van der Waals surface area contributed by atoms with E-state index in [1.165, 1.54) is 24.3 Å². The number of hydrogen-bond donors (Lipinski definition) is 6. The largest absolute Gasteiger partial charge is 0.404 e. The molecule has 2 aromatic carbocycles. The van der Waals surface area contributed by atoms with Crippen molar-refractivity contribution in [2.75, 3.05) is 6.54 Å². The molecule has 4 atom stereocenters. The summed E-state index contributed by atoms with van der Waals surface area (Å²) in [6.07, 6.45) is -9.73. The summed E-state index contributed by atoms with van der Waals surface area (Å²) in [7, 11) is 0. The maximum absolute atomic E-state index is 15.8. The number of halogens is 12. The number of nitrogens with zero attached hydrogens (tertiary/aromatic N) is 4. The van der Waals surface area contributed by atoms with Gasteiger partial charge in [0.2, 0.25) is 17.7 Å². The lowest BCUT2D eigenvalue weighted by Crippen LogP contribution is -2.63. The van der Waals surface area contributed by atoms with Gasteiger partial charge < -0.3 is 26.8 Å². The Kier molecular flexibility index (Phi) is 18.2. The number of hydrogen-bond acceptors (Lipinski definition) is 9. The summed E-state index contributed by atoms with van der Waals surface area (Å²) in [5.41, 5.74) is 0.269. The van der Waals surface area contributed by atoms with Gasteiger partial charge in [-0.15, -0.1) is 0 Å². The van der Waals surface area contributed by atoms with Crippen molar-refractivity contribution in [2.24, 2.45) is 21.6 Å². The maximum Gasteiger partial charge on any atom is 0.396 e. The Hall–Kier alpha value is -6.18. The second kappa shape index (κ2) is 22.1. The lowest BCUT2D eigenvalue weighted by atomic mass is 9.82. The molecule has 370 valence electrons. The molecule has 0 saturated heterocycles. The number of nitrogens with one attached hydrogen (secondary N) is 4. The zero-order valence-electron chi connectivity index (χ0n) is 36.3. The Balaban J connectivity index is 2.20. The number of aliphatic hydroxyl groups excluding tert-OH is 1. The number of rotatable bonds is 20. The molecule has 4 amide bonds. The van der Waals surface area contributed by atoms with Crippen LogP contribution in [0.15, 0.2) is 60.0 Å². The Morgan fingerprint density at radius 3 is 1.76 bits per heavy atom. The molecule has 0 aliphatic carbocycles. The number of hydrazine groups is 1. The van der Waals surface area contributed by atoms with E-state index in [2.05, 4.69) is 15.4 Å². The molecule has 0 spiro atoms. The summed E-state index contributed by atoms with van der Waals surface area (Å²) < 4.78 is 170. The van der Waals surface area contributed by atoms with Crippen molar-refractivity contribution in [3.63, 3.8) is 0 Å². The van der Waals surface area contributed by atoms with E-state index in [0.29, 0.717) is 67.5 Å². The summed E-state index contributed by atoms with van der Waals surface area (Å²) in [5, 5.41) is 21.8. The smallest absolute Gasteiger partial charge is 0.396 e. The molecular weight excluding hydrogens is 926 g/mol. The number of nitrogens with two attached hydrogens (primary N) is 1. The van der Waals surface area contributed by atoms with Crippen molar-refractivity contribution in [3.05, 3.63) is 83.3 Å². The van der Waals surface area contributed by atoms with Crippen LogP contribution in [-0.4, -0.2) is 99.4 Å². The van der Waals surface area contributed by atoms with Crippen LogP contribution in [0.3, 0.4) is 0 Å². The zero-order valence-corrected chi connectivity index (χ0v) is 36.3. The third-order valence-corrected chi connectivity index (χ3v) is 10.5. The van der Waals surface area contributed by atoms with Gasteiger partial charge in [-0.2, -0.15) is 49.0 Å². The quantitative estimate of drug-likeness (QED) is 0.0347. The molecule has 7 N–H and O–H groups in total. The number of aromatic nitrogens is 2. The van der Waals surface area contributed by atoms with Crippen LogP contribution in [0.25, 0.3) is 16.7 Å². The van der Waals surface area contributed by atoms with Gasteiger partial charge >= 0.3 is 25.5 Å². The fraction of sp³-hybridized carbons (Fsp3) is 0.463. The van der Waals surface area contributed by atoms with Crippen LogP contribution in [0.1, 0.15) is 64.8 Å². The standard InChI is InChI=1S/C41H47F12N9O5/c1-20(63)57-32(38(3,4)40(48,49)50)34(66)59-30(11-22-7-9-23(10-8-22)26-16-56-62(17-26)37(46)47)31(65)19-61(60-35(67)33(58-21(2)64)39(5,6)41(51,52)53)18-27-28(42)12-24(13-29(27)43)25(14-54)15-55-36(44)45/h7-10,12-17,30-33,36-37,65H,11,18-19,54H2,1-6H3,(H,57,63)(H,58,64)(H,59,66)(H,60,67)/t30-,31-,32?,33+/m0/s1. The topological polar surface area (TPSA) is 196 Å². The lowest BCUT2D eigenvalue weighted by molar-refractivity contribution is -0.222. The Bertz CT molecular complexity index is 2260. The maximum atomic E-state index is 15.8. The van der Waals surface area contributed by atoms with Gasteiger partial charge in [0.25, 0.3) is 5.91 Å². The van der Waals surface area contributed by atoms with Crippen molar-refractivity contribution in [1.82, 2.24) is 36.2 Å². The molecule has 1 unspecified atom stereocenters. The molecule has 1 aromatic heterocycles. The minimum absolute atomic E-state index is 0.181. The third kappa shape index (κ3) is 14.4. The summed E-state index contributed by atoms with van der Waals surface area (Å²) >= 11 is 0. The van der Waals surface area contributed by atoms with Gasteiger partial charge in [-0.05, 0) is 62.9 Å². The van der Waals surface area contributed by atoms with Gasteiger partial charge in [-0.1, -0.05) is 24.3 Å². The summed E-state index contributed by atoms with van der Waals surface area (Å²) in [5.74, 6) is -8.36. The molecule has 3 rings (SSSR count). The molecule has 14 nitrogen and oxygen atoms in total. The molecule has 0 bridgehead atoms. The second-order valence-corrected chi connectivity index (χ2v) is 16.2. The Morgan fingerprint density at radius 1 is 0.821 bits per heavy atom. The molecule has 0 fully saturated rings. The van der Waals surface area contributed by atoms with Gasteiger partial charge in [-0.3, -0.25) is 24.6 Å². The first-order chi connectivity index (χ1) is 30.8. The second-order valence-electron chi connectivity index (χ2n) is 16.2. The number of carbonyl (C=O) groups excluding carboxylic acids is 4. The Morgan fingerprint density at radius 2 is 1.33 bits per heavy atom. The van der Waals surface area contributed by atoms with Crippen LogP contribution in [0.2, 0.25) is 0 Å². The van der Waals surface area contributed by atoms with Crippen molar-refractivity contribution in [1.29, 1.82) is 0 Å². The lowest BCUT2D eigenvalue weighted by Gasteiger charge is -2.38. The van der Waals surface area contributed by atoms with E-state index in [4.69, 9.17) is 5.73 Å². The van der Waals surface area contributed by atoms with Crippen LogP contribution in [0.5, 0.6) is 0 Å². The predicted molar refractivity (Wildman–Crippen MR) is 217 cm³/mol. The molecule has 0 radical (unpaired) electrons. The van der Waals surface area contributed by atoms with Crippen LogP contribution in [-0.2, 0) is 32.1 Å². The summed E-state index contributed by atoms with van der Waals surface area (Å²) in [4.78, 5) is 54.5. The van der Waals surface area contributed by atoms with Gasteiger partial charge in [0, 0.05) is 62.2 Å². The fourth-order valence-electron chi connectivity index (χ4n) is 6.30. The van der Waals surface area contributed by atoms with Crippen molar-refractivity contribution in [3.8, 4) is 11.1 Å². The molecule has 26 heteroatoms. The minimum atomic E-state index is -5.19. The van der Waals surface area contributed by atoms with E-state index in [0.717, 1.165) is 26.2 Å². The highest BCUT2D eigenvalue weighted by atomic mass is 19.4. The summed E-state index contributed by atoms with van der Waals surface area (Å²) in [6.45, 7) is -4.68. The van der Waals surface area contributed by atoms with E-state index >= 15 is 8.78 Å². The first-order valence-electron chi connectivity index (χ1n) is 19.6. The SMILES string of the molecule is CC(=O)NC(C(=O)N[C@@H](Cc1ccc(-c2cnn(C(F)F)c2)cc1)[C@@H](O)CN(Cc1c(F)cc(C(C=NC(F)F)=CN)cc1F)NC(=O)[C@@H](NC(C)=O)C(C)(C)C(F)(F)F)C(C)(C)C(F)(F)F. The number of allylic oxidation sites excluding steroid dienone is 1. The van der Waals surface area contributed by atoms with E-state index in [-0.39, 0.29) is 11.1 Å². The monoisotopic (exact) mass is 973 g/mol. The number of carbonyl (C=O) groups is 4. The molecular formula is C41H47F12N9O5. The molecule has 3 aromatic rings. The number of aliphatic hydroxyl groups is 1. The van der Waals surface area contributed by atoms with E-state index < -0.39 is 132 Å². The zero-order chi connectivity index (χ0) is 51.0. The molecule has 1 heterocycles. The first-order valence-corrected chi connectivity index (χ1v) is 19.6. The molecule has 67 heavy (non-hydrogen) atoms. The first kappa shape index (κ1) is 55.1. The molecule has 0 saturated carbocycles. The predicted octanol–water partition coefficient (Wildman–Crippen LogP) is 5.92. The number of benzene rings is 2. The third-order valence-electron chi connectivity index (χ3n) is 10.5. The highest BCUT2D eigenvalue weighted by Crippen LogP contribution is 2.42. The van der Waals surface area contributed by atoms with Gasteiger partial charge in [-0.25, -0.2) is 23.5 Å². The average Bonchev–Trinajstić information content (AvgIpc) is 3.70. The fourth-order valence-corrected chi connectivity index (χ4v) is 6.30. The number of amides is 4.